The Balaban J connectivity index is 2.83. The summed E-state index contributed by atoms with van der Waals surface area (Å²) in [5.74, 6) is 0.0411. The Morgan fingerprint density at radius 2 is 2.00 bits per heavy atom. The summed E-state index contributed by atoms with van der Waals surface area (Å²) in [6, 6.07) is -0.282. The maximum atomic E-state index is 11.7. The summed E-state index contributed by atoms with van der Waals surface area (Å²) in [6.45, 7) is 10.8. The summed E-state index contributed by atoms with van der Waals surface area (Å²) in [6.07, 6.45) is -0.565. The van der Waals surface area contributed by atoms with Gasteiger partial charge in [-0.1, -0.05) is 0 Å². The van der Waals surface area contributed by atoms with Gasteiger partial charge < -0.3 is 20.1 Å². The molecule has 0 fully saturated rings. The van der Waals surface area contributed by atoms with Gasteiger partial charge in [0, 0.05) is 12.6 Å². The van der Waals surface area contributed by atoms with Crippen molar-refractivity contribution in [1.82, 2.24) is 15.3 Å². The molecular weight excluding hydrogens is 330 g/mol. The predicted octanol–water partition coefficient (Wildman–Crippen LogP) is 2.42. The number of amides is 1. The Kier molecular flexibility index (Phi) is 6.89. The number of hydrogen-bond acceptors (Lipinski definition) is 8. The second-order valence-corrected chi connectivity index (χ2v) is 6.41. The zero-order chi connectivity index (χ0) is 19.2. The molecule has 10 nitrogen and oxygen atoms in total. The number of carbonyl (C=O) groups excluding carboxylic acids is 1. The predicted molar refractivity (Wildman–Crippen MR) is 91.9 cm³/mol. The molecule has 0 aromatic carbocycles. The highest BCUT2D eigenvalue weighted by atomic mass is 16.6. The van der Waals surface area contributed by atoms with Crippen LogP contribution in [0.2, 0.25) is 0 Å². The van der Waals surface area contributed by atoms with Crippen LogP contribution < -0.4 is 15.4 Å². The quantitative estimate of drug-likeness (QED) is 0.563. The molecule has 1 aromatic rings. The highest BCUT2D eigenvalue weighted by Crippen LogP contribution is 2.27. The third-order valence-electron chi connectivity index (χ3n) is 2.83. The van der Waals surface area contributed by atoms with E-state index < -0.39 is 16.6 Å². The van der Waals surface area contributed by atoms with E-state index in [0.717, 1.165) is 0 Å². The molecule has 140 valence electrons. The van der Waals surface area contributed by atoms with Crippen LogP contribution in [0.25, 0.3) is 0 Å². The summed E-state index contributed by atoms with van der Waals surface area (Å²) in [5.41, 5.74) is -0.638. The number of carbonyl (C=O) groups is 1. The largest absolute Gasteiger partial charge is 0.464 e. The first-order valence-electron chi connectivity index (χ1n) is 7.92. The van der Waals surface area contributed by atoms with Gasteiger partial charge in [-0.3, -0.25) is 10.1 Å². The van der Waals surface area contributed by atoms with Crippen LogP contribution in [-0.2, 0) is 4.74 Å². The van der Waals surface area contributed by atoms with E-state index in [0.29, 0.717) is 6.61 Å². The smallest absolute Gasteiger partial charge is 0.407 e. The summed E-state index contributed by atoms with van der Waals surface area (Å²) in [7, 11) is 0. The topological polar surface area (TPSA) is 129 Å². The summed E-state index contributed by atoms with van der Waals surface area (Å²) >= 11 is 0. The molecular formula is C15H25N5O5. The number of nitrogens with zero attached hydrogens (tertiary/aromatic N) is 3. The molecule has 1 heterocycles. The Hall–Kier alpha value is -2.65. The Morgan fingerprint density at radius 1 is 1.36 bits per heavy atom. The molecule has 0 saturated carbocycles. The fourth-order valence-electron chi connectivity index (χ4n) is 1.89. The van der Waals surface area contributed by atoms with Gasteiger partial charge in [-0.15, -0.1) is 0 Å². The molecule has 0 aliphatic heterocycles. The fourth-order valence-corrected chi connectivity index (χ4v) is 1.89. The molecule has 0 aliphatic rings. The number of anilines is 1. The molecule has 25 heavy (non-hydrogen) atoms. The van der Waals surface area contributed by atoms with Crippen molar-refractivity contribution >= 4 is 17.6 Å². The first kappa shape index (κ1) is 20.4. The molecule has 1 amide bonds. The minimum absolute atomic E-state index is 0.0411. The zero-order valence-electron chi connectivity index (χ0n) is 15.4. The van der Waals surface area contributed by atoms with Gasteiger partial charge in [0.2, 0.25) is 5.82 Å². The number of rotatable bonds is 7. The number of aryl methyl sites for hydroxylation is 1. The van der Waals surface area contributed by atoms with E-state index in [1.54, 1.807) is 34.6 Å². The van der Waals surface area contributed by atoms with Crippen LogP contribution in [0.4, 0.5) is 16.3 Å². The summed E-state index contributed by atoms with van der Waals surface area (Å²) in [5, 5.41) is 16.8. The average Bonchev–Trinajstić information content (AvgIpc) is 2.42. The van der Waals surface area contributed by atoms with Crippen LogP contribution in [-0.4, -0.2) is 45.8 Å². The van der Waals surface area contributed by atoms with Gasteiger partial charge in [0.05, 0.1) is 11.5 Å². The second kappa shape index (κ2) is 8.45. The van der Waals surface area contributed by atoms with Crippen LogP contribution in [0.5, 0.6) is 6.01 Å². The monoisotopic (exact) mass is 355 g/mol. The molecule has 10 heteroatoms. The molecule has 1 unspecified atom stereocenters. The summed E-state index contributed by atoms with van der Waals surface area (Å²) in [4.78, 5) is 30.4. The SMILES string of the molecule is CCOc1nc(C)c([N+](=O)[O-])c(NC(C)CNC(=O)OC(C)(C)C)n1. The maximum absolute atomic E-state index is 11.7. The Labute approximate surface area is 146 Å². The first-order chi connectivity index (χ1) is 11.5. The lowest BCUT2D eigenvalue weighted by Crippen LogP contribution is -2.38. The fraction of sp³-hybridized carbons (Fsp3) is 0.667. The van der Waals surface area contributed by atoms with Gasteiger partial charge in [0.15, 0.2) is 0 Å². The minimum atomic E-state index is -0.601. The van der Waals surface area contributed by atoms with Gasteiger partial charge in [-0.2, -0.15) is 9.97 Å². The molecule has 1 rings (SSSR count). The maximum Gasteiger partial charge on any atom is 0.407 e. The van der Waals surface area contributed by atoms with Crippen molar-refractivity contribution in [3.8, 4) is 6.01 Å². The van der Waals surface area contributed by atoms with Crippen molar-refractivity contribution in [1.29, 1.82) is 0 Å². The normalized spacial score (nSPS) is 12.2. The van der Waals surface area contributed by atoms with E-state index in [1.165, 1.54) is 6.92 Å². The number of alkyl carbamates (subject to hydrolysis) is 1. The zero-order valence-corrected chi connectivity index (χ0v) is 15.4. The van der Waals surface area contributed by atoms with Crippen molar-refractivity contribution in [2.45, 2.75) is 53.2 Å². The van der Waals surface area contributed by atoms with E-state index >= 15 is 0 Å². The number of nitrogens with one attached hydrogen (secondary N) is 2. The number of ether oxygens (including phenoxy) is 2. The van der Waals surface area contributed by atoms with Crippen LogP contribution in [0.15, 0.2) is 0 Å². The third-order valence-corrected chi connectivity index (χ3v) is 2.83. The Morgan fingerprint density at radius 3 is 2.52 bits per heavy atom. The van der Waals surface area contributed by atoms with Gasteiger partial charge in [0.1, 0.15) is 11.3 Å². The second-order valence-electron chi connectivity index (χ2n) is 6.41. The highest BCUT2D eigenvalue weighted by Gasteiger charge is 2.24. The lowest BCUT2D eigenvalue weighted by Gasteiger charge is -2.21. The van der Waals surface area contributed by atoms with Gasteiger partial charge in [-0.05, 0) is 41.5 Å². The number of hydrogen-bond donors (Lipinski definition) is 2. The van der Waals surface area contributed by atoms with Crippen molar-refractivity contribution < 1.29 is 19.2 Å². The average molecular weight is 355 g/mol. The van der Waals surface area contributed by atoms with E-state index in [-0.39, 0.29) is 35.8 Å². The van der Waals surface area contributed by atoms with Gasteiger partial charge in [0.25, 0.3) is 0 Å². The molecule has 0 aliphatic carbocycles. The van der Waals surface area contributed by atoms with Crippen molar-refractivity contribution in [2.75, 3.05) is 18.5 Å². The molecule has 0 spiro atoms. The van der Waals surface area contributed by atoms with E-state index in [4.69, 9.17) is 9.47 Å². The lowest BCUT2D eigenvalue weighted by atomic mass is 10.2. The third kappa shape index (κ3) is 6.77. The first-order valence-corrected chi connectivity index (χ1v) is 7.92. The number of nitro groups is 1. The minimum Gasteiger partial charge on any atom is -0.464 e. The van der Waals surface area contributed by atoms with E-state index in [2.05, 4.69) is 20.6 Å². The number of aromatic nitrogens is 2. The standard InChI is InChI=1S/C15H25N5O5/c1-7-24-13-18-10(3)11(20(22)23)12(19-13)17-9(2)8-16-14(21)25-15(4,5)6/h9H,7-8H2,1-6H3,(H,16,21)(H,17,18,19). The van der Waals surface area contributed by atoms with Crippen LogP contribution in [0.1, 0.15) is 40.3 Å². The van der Waals surface area contributed by atoms with Crippen molar-refractivity contribution in [3.63, 3.8) is 0 Å². The van der Waals surface area contributed by atoms with Crippen LogP contribution in [0, 0.1) is 17.0 Å². The Bertz CT molecular complexity index is 629. The van der Waals surface area contributed by atoms with Gasteiger partial charge >= 0.3 is 17.8 Å². The molecule has 0 bridgehead atoms. The molecule has 0 radical (unpaired) electrons. The molecule has 1 atom stereocenters. The molecule has 0 saturated heterocycles. The van der Waals surface area contributed by atoms with Crippen molar-refractivity contribution in [3.05, 3.63) is 15.8 Å². The summed E-state index contributed by atoms with van der Waals surface area (Å²) < 4.78 is 10.4. The lowest BCUT2D eigenvalue weighted by molar-refractivity contribution is -0.385. The van der Waals surface area contributed by atoms with Gasteiger partial charge in [-0.25, -0.2) is 4.79 Å². The van der Waals surface area contributed by atoms with E-state index in [1.807, 2.05) is 0 Å². The molecule has 1 aromatic heterocycles. The van der Waals surface area contributed by atoms with Crippen molar-refractivity contribution in [2.24, 2.45) is 0 Å². The van der Waals surface area contributed by atoms with E-state index in [9.17, 15) is 14.9 Å². The molecule has 2 N–H and O–H groups in total. The van der Waals surface area contributed by atoms with Crippen LogP contribution in [0.3, 0.4) is 0 Å². The highest BCUT2D eigenvalue weighted by molar-refractivity contribution is 5.68. The van der Waals surface area contributed by atoms with Crippen LogP contribution >= 0.6 is 0 Å².